The first kappa shape index (κ1) is 20.6. The Morgan fingerprint density at radius 2 is 1.88 bits per heavy atom. The van der Waals surface area contributed by atoms with Gasteiger partial charge < -0.3 is 9.80 Å². The fourth-order valence-electron chi connectivity index (χ4n) is 4.90. The molecule has 164 valence electrons. The second kappa shape index (κ2) is 9.07. The number of rotatable bonds is 5. The van der Waals surface area contributed by atoms with Gasteiger partial charge in [0.15, 0.2) is 5.82 Å². The molecule has 2 aliphatic rings. The lowest BCUT2D eigenvalue weighted by molar-refractivity contribution is 0.0723. The van der Waals surface area contributed by atoms with Crippen LogP contribution >= 0.6 is 0 Å². The van der Waals surface area contributed by atoms with Crippen molar-refractivity contribution in [1.29, 1.82) is 0 Å². The van der Waals surface area contributed by atoms with Crippen molar-refractivity contribution in [3.63, 3.8) is 0 Å². The number of nitrogens with zero attached hydrogens (tertiary/aromatic N) is 5. The summed E-state index contributed by atoms with van der Waals surface area (Å²) >= 11 is 0. The van der Waals surface area contributed by atoms with Gasteiger partial charge in [0.2, 0.25) is 0 Å². The van der Waals surface area contributed by atoms with Gasteiger partial charge in [0.25, 0.3) is 5.91 Å². The fourth-order valence-corrected chi connectivity index (χ4v) is 4.90. The van der Waals surface area contributed by atoms with Gasteiger partial charge in [-0.2, -0.15) is 0 Å². The highest BCUT2D eigenvalue weighted by atomic mass is 16.2. The zero-order valence-corrected chi connectivity index (χ0v) is 18.6. The van der Waals surface area contributed by atoms with Crippen molar-refractivity contribution in [2.75, 3.05) is 24.5 Å². The van der Waals surface area contributed by atoms with E-state index in [4.69, 9.17) is 9.97 Å². The van der Waals surface area contributed by atoms with E-state index >= 15 is 0 Å². The minimum absolute atomic E-state index is 0.0343. The number of benzene rings is 1. The molecule has 1 saturated heterocycles. The average Bonchev–Trinajstić information content (AvgIpc) is 3.33. The fraction of sp³-hybridized carbons (Fsp3) is 0.385. The predicted octanol–water partition coefficient (Wildman–Crippen LogP) is 4.15. The van der Waals surface area contributed by atoms with E-state index in [9.17, 15) is 4.79 Å². The molecule has 1 fully saturated rings. The van der Waals surface area contributed by atoms with Crippen molar-refractivity contribution < 1.29 is 4.79 Å². The van der Waals surface area contributed by atoms with E-state index in [1.807, 2.05) is 17.0 Å². The molecule has 32 heavy (non-hydrogen) atoms. The summed E-state index contributed by atoms with van der Waals surface area (Å²) in [5.41, 5.74) is 4.13. The number of fused-ring (bicyclic) bond motifs is 1. The summed E-state index contributed by atoms with van der Waals surface area (Å²) in [5.74, 6) is 1.80. The maximum Gasteiger partial charge on any atom is 0.273 e. The molecule has 3 aromatic rings. The van der Waals surface area contributed by atoms with E-state index in [0.717, 1.165) is 69.1 Å². The van der Waals surface area contributed by atoms with Crippen molar-refractivity contribution in [1.82, 2.24) is 19.9 Å². The molecule has 0 saturated carbocycles. The van der Waals surface area contributed by atoms with Crippen LogP contribution < -0.4 is 4.90 Å². The number of likely N-dealkylation sites (tertiary alicyclic amines) is 1. The molecule has 1 atom stereocenters. The van der Waals surface area contributed by atoms with Crippen LogP contribution in [0, 0.1) is 6.92 Å². The zero-order chi connectivity index (χ0) is 21.9. The van der Waals surface area contributed by atoms with Crippen LogP contribution in [-0.2, 0) is 12.8 Å². The number of anilines is 1. The minimum atomic E-state index is -0.0913. The van der Waals surface area contributed by atoms with Gasteiger partial charge in [0.05, 0.1) is 6.04 Å². The van der Waals surface area contributed by atoms with Crippen molar-refractivity contribution in [3.8, 4) is 0 Å². The van der Waals surface area contributed by atoms with E-state index in [1.165, 1.54) is 11.1 Å². The van der Waals surface area contributed by atoms with Gasteiger partial charge in [-0.1, -0.05) is 36.4 Å². The Kier molecular flexibility index (Phi) is 5.84. The summed E-state index contributed by atoms with van der Waals surface area (Å²) in [4.78, 5) is 31.7. The summed E-state index contributed by atoms with van der Waals surface area (Å²) in [6, 6.07) is 16.0. The molecule has 2 aromatic heterocycles. The number of amides is 1. The molecule has 0 aliphatic carbocycles. The van der Waals surface area contributed by atoms with Crippen LogP contribution in [0.15, 0.2) is 54.7 Å². The van der Waals surface area contributed by atoms with Crippen LogP contribution in [0.25, 0.3) is 0 Å². The lowest BCUT2D eigenvalue weighted by atomic mass is 10.0. The number of hydrogen-bond acceptors (Lipinski definition) is 5. The Bertz CT molecular complexity index is 1090. The quantitative estimate of drug-likeness (QED) is 0.612. The van der Waals surface area contributed by atoms with E-state index in [-0.39, 0.29) is 11.9 Å². The van der Waals surface area contributed by atoms with Gasteiger partial charge in [-0.25, -0.2) is 9.97 Å². The van der Waals surface area contributed by atoms with Gasteiger partial charge >= 0.3 is 0 Å². The lowest BCUT2D eigenvalue weighted by Gasteiger charge is -2.32. The van der Waals surface area contributed by atoms with Crippen LogP contribution in [0.2, 0.25) is 0 Å². The largest absolute Gasteiger partial charge is 0.356 e. The van der Waals surface area contributed by atoms with Gasteiger partial charge in [-0.05, 0) is 56.7 Å². The molecule has 1 aromatic carbocycles. The molecule has 4 heterocycles. The number of carbonyl (C=O) groups is 1. The van der Waals surface area contributed by atoms with Gasteiger partial charge in [0.1, 0.15) is 11.5 Å². The first-order valence-corrected chi connectivity index (χ1v) is 11.6. The molecule has 0 spiro atoms. The summed E-state index contributed by atoms with van der Waals surface area (Å²) < 4.78 is 0. The predicted molar refractivity (Wildman–Crippen MR) is 125 cm³/mol. The van der Waals surface area contributed by atoms with Crippen LogP contribution in [-0.4, -0.2) is 45.4 Å². The molecular formula is C26H29N5O. The molecule has 0 unspecified atom stereocenters. The minimum Gasteiger partial charge on any atom is -0.356 e. The maximum absolute atomic E-state index is 13.1. The van der Waals surface area contributed by atoms with Crippen molar-refractivity contribution in [2.45, 2.75) is 45.1 Å². The second-order valence-corrected chi connectivity index (χ2v) is 8.67. The Balaban J connectivity index is 1.41. The Morgan fingerprint density at radius 3 is 2.69 bits per heavy atom. The Morgan fingerprint density at radius 1 is 1.03 bits per heavy atom. The molecule has 6 nitrogen and oxygen atoms in total. The molecule has 0 radical (unpaired) electrons. The smallest absolute Gasteiger partial charge is 0.273 e. The van der Waals surface area contributed by atoms with Crippen molar-refractivity contribution >= 4 is 11.7 Å². The van der Waals surface area contributed by atoms with Gasteiger partial charge in [-0.3, -0.25) is 9.78 Å². The Labute approximate surface area is 189 Å². The summed E-state index contributed by atoms with van der Waals surface area (Å²) in [6.45, 7) is 4.76. The van der Waals surface area contributed by atoms with Crippen LogP contribution in [0.5, 0.6) is 0 Å². The van der Waals surface area contributed by atoms with Gasteiger partial charge in [-0.15, -0.1) is 0 Å². The van der Waals surface area contributed by atoms with Crippen LogP contribution in [0.3, 0.4) is 0 Å². The molecule has 0 N–H and O–H groups in total. The first-order valence-electron chi connectivity index (χ1n) is 11.6. The van der Waals surface area contributed by atoms with Crippen molar-refractivity contribution in [2.24, 2.45) is 0 Å². The molecule has 5 rings (SSSR count). The summed E-state index contributed by atoms with van der Waals surface area (Å²) in [6.07, 6.45) is 6.65. The number of hydrogen-bond donors (Lipinski definition) is 0. The summed E-state index contributed by atoms with van der Waals surface area (Å²) in [7, 11) is 0. The first-order chi connectivity index (χ1) is 15.7. The molecule has 1 amide bonds. The third-order valence-corrected chi connectivity index (χ3v) is 6.57. The highest BCUT2D eigenvalue weighted by Gasteiger charge is 2.34. The summed E-state index contributed by atoms with van der Waals surface area (Å²) in [5, 5.41) is 0. The number of carbonyl (C=O) groups excluding carboxylic acids is 1. The van der Waals surface area contributed by atoms with Crippen LogP contribution in [0.1, 0.15) is 58.4 Å². The van der Waals surface area contributed by atoms with Crippen molar-refractivity contribution in [3.05, 3.63) is 83.1 Å². The van der Waals surface area contributed by atoms with E-state index in [2.05, 4.69) is 47.1 Å². The standard InChI is InChI=1S/C26H29N5O/c1-19-21-11-7-16-30(18-14-20-9-3-2-4-10-20)25(21)29-24(28-19)23-13-8-17-31(23)26(32)22-12-5-6-15-27-22/h2-6,9-10,12,15,23H,7-8,11,13-14,16-18H2,1H3/t23-/m1/s1. The Hall–Kier alpha value is -3.28. The topological polar surface area (TPSA) is 62.2 Å². The zero-order valence-electron chi connectivity index (χ0n) is 18.6. The number of aryl methyl sites for hydroxylation is 1. The average molecular weight is 428 g/mol. The molecule has 2 aliphatic heterocycles. The monoisotopic (exact) mass is 427 g/mol. The van der Waals surface area contributed by atoms with Crippen LogP contribution in [0.4, 0.5) is 5.82 Å². The second-order valence-electron chi connectivity index (χ2n) is 8.67. The van der Waals surface area contributed by atoms with Gasteiger partial charge in [0, 0.05) is 37.1 Å². The molecular weight excluding hydrogens is 398 g/mol. The maximum atomic E-state index is 13.1. The molecule has 6 heteroatoms. The third-order valence-electron chi connectivity index (χ3n) is 6.57. The van der Waals surface area contributed by atoms with E-state index in [1.54, 1.807) is 12.3 Å². The van der Waals surface area contributed by atoms with E-state index < -0.39 is 0 Å². The number of pyridine rings is 1. The molecule has 0 bridgehead atoms. The third kappa shape index (κ3) is 4.09. The SMILES string of the molecule is Cc1nc([C@H]2CCCN2C(=O)c2ccccn2)nc2c1CCCN2CCc1ccccc1. The normalized spacial score (nSPS) is 18.0. The highest BCUT2D eigenvalue weighted by molar-refractivity contribution is 5.92. The van der Waals surface area contributed by atoms with E-state index in [0.29, 0.717) is 5.69 Å². The lowest BCUT2D eigenvalue weighted by Crippen LogP contribution is -2.35. The number of aromatic nitrogens is 3. The highest BCUT2D eigenvalue weighted by Crippen LogP contribution is 2.35.